The van der Waals surface area contributed by atoms with E-state index >= 15 is 0 Å². The second-order valence-corrected chi connectivity index (χ2v) is 8.69. The van der Waals surface area contributed by atoms with Gasteiger partial charge in [-0.3, -0.25) is 14.6 Å². The van der Waals surface area contributed by atoms with Crippen LogP contribution in [0.1, 0.15) is 37.3 Å². The van der Waals surface area contributed by atoms with E-state index in [2.05, 4.69) is 17.2 Å². The monoisotopic (exact) mass is 454 g/mol. The topological polar surface area (TPSA) is 74.1 Å². The molecule has 2 aliphatic heterocycles. The standard InChI is InChI=1S/C23H23ClN4O2S/c1-2-3-12-25-20(29)13-19-22(30)28-21(26-19)16-9-5-7-11-18(16)27-23(28)31-14-15-8-4-6-10-17(15)24/h4-11,19H,2-3,12-14H2,1H3,(H,25,29)/t19-/m0/s1. The lowest BCUT2D eigenvalue weighted by Gasteiger charge is -2.25. The number of benzene rings is 2. The summed E-state index contributed by atoms with van der Waals surface area (Å²) in [5.74, 6) is 0.746. The molecular weight excluding hydrogens is 432 g/mol. The first-order valence-corrected chi connectivity index (χ1v) is 11.7. The van der Waals surface area contributed by atoms with Crippen molar-refractivity contribution in [3.63, 3.8) is 0 Å². The van der Waals surface area contributed by atoms with Gasteiger partial charge in [0, 0.05) is 22.9 Å². The number of para-hydroxylation sites is 1. The summed E-state index contributed by atoms with van der Waals surface area (Å²) in [6, 6.07) is 14.5. The van der Waals surface area contributed by atoms with Crippen LogP contribution in [0.3, 0.4) is 0 Å². The van der Waals surface area contributed by atoms with Gasteiger partial charge >= 0.3 is 0 Å². The number of aliphatic imine (C=N–C) groups is 2. The fraction of sp³-hybridized carbons (Fsp3) is 0.304. The number of nitrogens with zero attached hydrogens (tertiary/aromatic N) is 3. The van der Waals surface area contributed by atoms with Gasteiger partial charge in [-0.05, 0) is 30.2 Å². The van der Waals surface area contributed by atoms with Gasteiger partial charge in [-0.25, -0.2) is 9.89 Å². The number of unbranched alkanes of at least 4 members (excludes halogenated alkanes) is 1. The highest BCUT2D eigenvalue weighted by molar-refractivity contribution is 8.13. The summed E-state index contributed by atoms with van der Waals surface area (Å²) in [5.41, 5.74) is 2.53. The van der Waals surface area contributed by atoms with Crippen molar-refractivity contribution < 1.29 is 9.59 Å². The first kappa shape index (κ1) is 21.6. The minimum atomic E-state index is -0.742. The molecule has 31 heavy (non-hydrogen) atoms. The lowest BCUT2D eigenvalue weighted by atomic mass is 10.1. The Morgan fingerprint density at radius 3 is 2.77 bits per heavy atom. The van der Waals surface area contributed by atoms with E-state index in [9.17, 15) is 9.59 Å². The number of thioether (sulfide) groups is 1. The number of amidine groups is 2. The molecule has 0 bridgehead atoms. The molecule has 1 atom stereocenters. The van der Waals surface area contributed by atoms with Crippen LogP contribution >= 0.6 is 23.4 Å². The molecule has 2 amide bonds. The number of hydrogen-bond donors (Lipinski definition) is 1. The van der Waals surface area contributed by atoms with Crippen LogP contribution in [0, 0.1) is 0 Å². The first-order valence-electron chi connectivity index (χ1n) is 10.3. The Kier molecular flexibility index (Phi) is 6.73. The Balaban J connectivity index is 1.57. The highest BCUT2D eigenvalue weighted by atomic mass is 35.5. The van der Waals surface area contributed by atoms with Crippen LogP contribution in [0.5, 0.6) is 0 Å². The predicted molar refractivity (Wildman–Crippen MR) is 126 cm³/mol. The maximum absolute atomic E-state index is 13.2. The molecule has 0 aliphatic carbocycles. The number of hydrogen-bond acceptors (Lipinski definition) is 5. The fourth-order valence-corrected chi connectivity index (χ4v) is 4.73. The SMILES string of the molecule is CCCCNC(=O)C[C@@H]1N=C2c3ccccc3N=C(SCc3ccccc3Cl)N2C1=O. The molecule has 2 aliphatic rings. The Morgan fingerprint density at radius 1 is 1.19 bits per heavy atom. The molecule has 0 saturated heterocycles. The lowest BCUT2D eigenvalue weighted by Crippen LogP contribution is -2.42. The van der Waals surface area contributed by atoms with Gasteiger partial charge in [-0.1, -0.05) is 67.0 Å². The predicted octanol–water partition coefficient (Wildman–Crippen LogP) is 4.54. The molecule has 4 rings (SSSR count). The molecule has 0 radical (unpaired) electrons. The minimum Gasteiger partial charge on any atom is -0.356 e. The van der Waals surface area contributed by atoms with E-state index in [1.165, 1.54) is 11.8 Å². The molecule has 2 aromatic rings. The zero-order valence-electron chi connectivity index (χ0n) is 17.2. The third-order valence-corrected chi connectivity index (χ3v) is 6.45. The maximum Gasteiger partial charge on any atom is 0.259 e. The zero-order chi connectivity index (χ0) is 21.8. The van der Waals surface area contributed by atoms with Gasteiger partial charge in [0.15, 0.2) is 5.17 Å². The van der Waals surface area contributed by atoms with Gasteiger partial charge in [0.1, 0.15) is 11.9 Å². The Hall–Kier alpha value is -2.64. The summed E-state index contributed by atoms with van der Waals surface area (Å²) in [5, 5.41) is 4.09. The molecule has 160 valence electrons. The van der Waals surface area contributed by atoms with Gasteiger partial charge in [-0.2, -0.15) is 0 Å². The number of carbonyl (C=O) groups is 2. The normalized spacial score (nSPS) is 17.0. The van der Waals surface area contributed by atoms with E-state index in [1.54, 1.807) is 4.90 Å². The summed E-state index contributed by atoms with van der Waals surface area (Å²) in [6.07, 6.45) is 1.94. The number of halogens is 1. The van der Waals surface area contributed by atoms with E-state index in [4.69, 9.17) is 16.6 Å². The number of carbonyl (C=O) groups excluding carboxylic acids is 2. The zero-order valence-corrected chi connectivity index (χ0v) is 18.7. The van der Waals surface area contributed by atoms with Gasteiger partial charge in [-0.15, -0.1) is 0 Å². The number of rotatable bonds is 7. The van der Waals surface area contributed by atoms with Crippen molar-refractivity contribution >= 4 is 51.9 Å². The molecule has 6 nitrogen and oxygen atoms in total. The Labute approximate surface area is 190 Å². The van der Waals surface area contributed by atoms with Crippen LogP contribution in [0.2, 0.25) is 5.02 Å². The molecule has 8 heteroatoms. The van der Waals surface area contributed by atoms with Gasteiger partial charge in [0.05, 0.1) is 12.1 Å². The quantitative estimate of drug-likeness (QED) is 0.624. The second kappa shape index (κ2) is 9.66. The van der Waals surface area contributed by atoms with Crippen molar-refractivity contribution in [3.8, 4) is 0 Å². The van der Waals surface area contributed by atoms with Crippen molar-refractivity contribution in [2.45, 2.75) is 38.0 Å². The maximum atomic E-state index is 13.2. The Morgan fingerprint density at radius 2 is 1.97 bits per heavy atom. The molecule has 0 spiro atoms. The van der Waals surface area contributed by atoms with E-state index in [-0.39, 0.29) is 18.2 Å². The highest BCUT2D eigenvalue weighted by Gasteiger charge is 2.42. The molecule has 1 N–H and O–H groups in total. The summed E-state index contributed by atoms with van der Waals surface area (Å²) in [6.45, 7) is 2.68. The van der Waals surface area contributed by atoms with Crippen molar-refractivity contribution in [3.05, 3.63) is 64.7 Å². The van der Waals surface area contributed by atoms with Gasteiger partial charge in [0.2, 0.25) is 5.91 Å². The molecule has 2 heterocycles. The largest absolute Gasteiger partial charge is 0.356 e. The molecule has 0 aromatic heterocycles. The van der Waals surface area contributed by atoms with Crippen molar-refractivity contribution in [2.24, 2.45) is 9.98 Å². The lowest BCUT2D eigenvalue weighted by molar-refractivity contribution is -0.128. The third kappa shape index (κ3) is 4.67. The van der Waals surface area contributed by atoms with E-state index in [0.29, 0.717) is 28.3 Å². The summed E-state index contributed by atoms with van der Waals surface area (Å²) in [7, 11) is 0. The smallest absolute Gasteiger partial charge is 0.259 e. The second-order valence-electron chi connectivity index (χ2n) is 7.34. The van der Waals surface area contributed by atoms with Crippen LogP contribution in [0.25, 0.3) is 0 Å². The fourth-order valence-electron chi connectivity index (χ4n) is 3.44. The molecule has 0 fully saturated rings. The number of nitrogens with one attached hydrogen (secondary N) is 1. The van der Waals surface area contributed by atoms with Crippen molar-refractivity contribution in [1.29, 1.82) is 0 Å². The minimum absolute atomic E-state index is 0.0349. The molecule has 0 saturated carbocycles. The van der Waals surface area contributed by atoms with E-state index in [0.717, 1.165) is 29.7 Å². The number of fused-ring (bicyclic) bond motifs is 3. The molecule has 2 aromatic carbocycles. The Bertz CT molecular complexity index is 1070. The highest BCUT2D eigenvalue weighted by Crippen LogP contribution is 2.35. The van der Waals surface area contributed by atoms with Gasteiger partial charge < -0.3 is 5.32 Å². The van der Waals surface area contributed by atoms with Crippen LogP contribution in [0.4, 0.5) is 5.69 Å². The van der Waals surface area contributed by atoms with Crippen LogP contribution in [-0.2, 0) is 15.3 Å². The molecule has 0 unspecified atom stereocenters. The molecular formula is C23H23ClN4O2S. The number of amides is 2. The van der Waals surface area contributed by atoms with Crippen LogP contribution in [0.15, 0.2) is 58.5 Å². The van der Waals surface area contributed by atoms with E-state index in [1.807, 2.05) is 48.5 Å². The van der Waals surface area contributed by atoms with E-state index < -0.39 is 6.04 Å². The third-order valence-electron chi connectivity index (χ3n) is 5.09. The van der Waals surface area contributed by atoms with Crippen molar-refractivity contribution in [2.75, 3.05) is 6.54 Å². The summed E-state index contributed by atoms with van der Waals surface area (Å²) < 4.78 is 0. The van der Waals surface area contributed by atoms with Crippen molar-refractivity contribution in [1.82, 2.24) is 10.2 Å². The summed E-state index contributed by atoms with van der Waals surface area (Å²) >= 11 is 7.73. The average molecular weight is 455 g/mol. The van der Waals surface area contributed by atoms with Gasteiger partial charge in [0.25, 0.3) is 5.91 Å². The summed E-state index contributed by atoms with van der Waals surface area (Å²) in [4.78, 5) is 36.4. The average Bonchev–Trinajstić information content (AvgIpc) is 3.09. The first-order chi connectivity index (χ1) is 15.1. The van der Waals surface area contributed by atoms with Crippen LogP contribution in [-0.4, -0.2) is 40.3 Å². The van der Waals surface area contributed by atoms with Crippen LogP contribution < -0.4 is 5.32 Å².